The number of fused-ring (bicyclic) bond motifs is 6. The van der Waals surface area contributed by atoms with E-state index in [1.54, 1.807) is 0 Å². The highest BCUT2D eigenvalue weighted by Gasteiger charge is 2.41. The molecular weight excluding hydrogens is 777 g/mol. The Morgan fingerprint density at radius 1 is 0.270 bits per heavy atom. The van der Waals surface area contributed by atoms with E-state index in [1.807, 2.05) is 0 Å². The van der Waals surface area contributed by atoms with Crippen molar-refractivity contribution in [2.75, 3.05) is 0 Å². The Balaban J connectivity index is 1.08. The van der Waals surface area contributed by atoms with E-state index in [1.165, 1.54) is 92.3 Å². The van der Waals surface area contributed by atoms with Gasteiger partial charge in [0, 0.05) is 27.2 Å². The molecule has 0 radical (unpaired) electrons. The van der Waals surface area contributed by atoms with Gasteiger partial charge in [0.15, 0.2) is 8.07 Å². The summed E-state index contributed by atoms with van der Waals surface area (Å²) in [6, 6.07) is 94.2. The number of para-hydroxylation sites is 2. The lowest BCUT2D eigenvalue weighted by atomic mass is 9.99. The van der Waals surface area contributed by atoms with Gasteiger partial charge in [0.25, 0.3) is 0 Å². The fourth-order valence-electron chi connectivity index (χ4n) is 10.4. The van der Waals surface area contributed by atoms with Crippen LogP contribution in [0.1, 0.15) is 0 Å². The SMILES string of the molecule is c1ccc(-c2cccc([Si](c3ccccc3)(c3ccccc3)c3ccc(-n4c5ccccc5c5c(-n6c7ccccc7c7c(-c8ccccc8)cccc76)cccc54)cc3)c2)cc1. The van der Waals surface area contributed by atoms with Crippen LogP contribution in [-0.4, -0.2) is 17.2 Å². The molecule has 0 saturated carbocycles. The molecule has 10 aromatic carbocycles. The molecule has 0 fully saturated rings. The molecular formula is C60H42N2Si. The standard InChI is InChI=1S/C60H42N2Si/c1-5-20-43(21-6-1)45-24-17-29-50(42-45)63(47-25-9-3-10-26-47,48-27-11-4-12-28-48)49-40-38-46(39-41-49)61-54-33-15-14-31-53(54)60-57(61)36-19-37-58(60)62-55-34-16-13-30-52(55)59-51(32-18-35-56(59)62)44-22-7-2-8-23-44/h1-42H. The largest absolute Gasteiger partial charge is 0.309 e. The first kappa shape index (κ1) is 36.8. The van der Waals surface area contributed by atoms with Crippen molar-refractivity contribution in [2.45, 2.75) is 0 Å². The van der Waals surface area contributed by atoms with Crippen LogP contribution in [0, 0.1) is 0 Å². The van der Waals surface area contributed by atoms with Crippen LogP contribution in [0.25, 0.3) is 77.2 Å². The van der Waals surface area contributed by atoms with Crippen molar-refractivity contribution in [1.29, 1.82) is 0 Å². The van der Waals surface area contributed by atoms with E-state index in [-0.39, 0.29) is 0 Å². The van der Waals surface area contributed by atoms with Gasteiger partial charge in [0.1, 0.15) is 0 Å². The molecule has 0 bridgehead atoms. The molecule has 12 rings (SSSR count). The van der Waals surface area contributed by atoms with Crippen LogP contribution in [0.4, 0.5) is 0 Å². The van der Waals surface area contributed by atoms with Gasteiger partial charge in [0.2, 0.25) is 0 Å². The lowest BCUT2D eigenvalue weighted by molar-refractivity contribution is 1.17. The summed E-state index contributed by atoms with van der Waals surface area (Å²) < 4.78 is 4.95. The van der Waals surface area contributed by atoms with Gasteiger partial charge in [-0.3, -0.25) is 0 Å². The molecule has 63 heavy (non-hydrogen) atoms. The van der Waals surface area contributed by atoms with E-state index in [0.717, 1.165) is 5.69 Å². The monoisotopic (exact) mass is 818 g/mol. The number of benzene rings is 10. The lowest BCUT2D eigenvalue weighted by Crippen LogP contribution is -2.74. The van der Waals surface area contributed by atoms with Crippen LogP contribution in [-0.2, 0) is 0 Å². The molecule has 0 atom stereocenters. The van der Waals surface area contributed by atoms with E-state index < -0.39 is 8.07 Å². The van der Waals surface area contributed by atoms with E-state index in [2.05, 4.69) is 264 Å². The zero-order chi connectivity index (χ0) is 41.7. The topological polar surface area (TPSA) is 9.86 Å². The summed E-state index contributed by atoms with van der Waals surface area (Å²) in [6.07, 6.45) is 0. The first-order valence-electron chi connectivity index (χ1n) is 21.8. The van der Waals surface area contributed by atoms with Gasteiger partial charge in [0.05, 0.1) is 27.8 Å². The van der Waals surface area contributed by atoms with Gasteiger partial charge >= 0.3 is 0 Å². The molecule has 0 unspecified atom stereocenters. The maximum Gasteiger partial charge on any atom is 0.179 e. The zero-order valence-corrected chi connectivity index (χ0v) is 35.6. The first-order valence-corrected chi connectivity index (χ1v) is 23.8. The third-order valence-electron chi connectivity index (χ3n) is 13.1. The fraction of sp³-hybridized carbons (Fsp3) is 0. The van der Waals surface area contributed by atoms with Crippen LogP contribution >= 0.6 is 0 Å². The molecule has 12 aromatic rings. The minimum absolute atomic E-state index is 1.14. The Kier molecular flexibility index (Phi) is 8.87. The lowest BCUT2D eigenvalue weighted by Gasteiger charge is -2.35. The predicted molar refractivity (Wildman–Crippen MR) is 270 cm³/mol. The molecule has 0 aliphatic heterocycles. The van der Waals surface area contributed by atoms with Gasteiger partial charge in [-0.25, -0.2) is 0 Å². The summed E-state index contributed by atoms with van der Waals surface area (Å²) in [5, 5.41) is 10.4. The normalized spacial score (nSPS) is 11.8. The van der Waals surface area contributed by atoms with E-state index >= 15 is 0 Å². The van der Waals surface area contributed by atoms with Crippen LogP contribution < -0.4 is 20.7 Å². The predicted octanol–water partition coefficient (Wildman–Crippen LogP) is 12.6. The second kappa shape index (κ2) is 15.2. The average molecular weight is 819 g/mol. The van der Waals surface area contributed by atoms with Gasteiger partial charge in [-0.15, -0.1) is 0 Å². The summed E-state index contributed by atoms with van der Waals surface area (Å²) in [4.78, 5) is 0. The Hall–Kier alpha value is -7.98. The summed E-state index contributed by atoms with van der Waals surface area (Å²) in [5.41, 5.74) is 12.0. The maximum absolute atomic E-state index is 2.82. The van der Waals surface area contributed by atoms with Crippen LogP contribution in [0.2, 0.25) is 0 Å². The summed E-state index contributed by atoms with van der Waals surface area (Å²) >= 11 is 0. The van der Waals surface area contributed by atoms with E-state index in [4.69, 9.17) is 0 Å². The molecule has 0 aliphatic carbocycles. The number of hydrogen-bond acceptors (Lipinski definition) is 0. The Bertz CT molecular complexity index is 3550. The number of nitrogens with zero attached hydrogens (tertiary/aromatic N) is 2. The highest BCUT2D eigenvalue weighted by Crippen LogP contribution is 2.42. The van der Waals surface area contributed by atoms with Crippen molar-refractivity contribution >= 4 is 72.4 Å². The van der Waals surface area contributed by atoms with Crippen molar-refractivity contribution in [3.63, 3.8) is 0 Å². The molecule has 0 saturated heterocycles. The highest BCUT2D eigenvalue weighted by molar-refractivity contribution is 7.19. The molecule has 3 heteroatoms. The van der Waals surface area contributed by atoms with Crippen molar-refractivity contribution in [3.05, 3.63) is 255 Å². The number of rotatable bonds is 8. The van der Waals surface area contributed by atoms with Crippen LogP contribution in [0.3, 0.4) is 0 Å². The molecule has 0 spiro atoms. The van der Waals surface area contributed by atoms with Gasteiger partial charge in [-0.05, 0) is 85.5 Å². The molecule has 296 valence electrons. The molecule has 0 amide bonds. The van der Waals surface area contributed by atoms with E-state index in [0.29, 0.717) is 0 Å². The Morgan fingerprint density at radius 3 is 1.37 bits per heavy atom. The summed E-state index contributed by atoms with van der Waals surface area (Å²) in [6.45, 7) is 0. The molecule has 2 aromatic heterocycles. The average Bonchev–Trinajstić information content (AvgIpc) is 3.89. The summed E-state index contributed by atoms with van der Waals surface area (Å²) in [5.74, 6) is 0. The third kappa shape index (κ3) is 5.85. The van der Waals surface area contributed by atoms with Gasteiger partial charge in [-0.1, -0.05) is 212 Å². The molecule has 0 aliphatic rings. The van der Waals surface area contributed by atoms with Crippen molar-refractivity contribution in [3.8, 4) is 33.6 Å². The van der Waals surface area contributed by atoms with Crippen molar-refractivity contribution in [1.82, 2.24) is 9.13 Å². The van der Waals surface area contributed by atoms with Crippen LogP contribution in [0.15, 0.2) is 255 Å². The highest BCUT2D eigenvalue weighted by atomic mass is 28.3. The minimum Gasteiger partial charge on any atom is -0.309 e. The first-order chi connectivity index (χ1) is 31.3. The second-order valence-corrected chi connectivity index (χ2v) is 20.2. The summed E-state index contributed by atoms with van der Waals surface area (Å²) in [7, 11) is -2.82. The van der Waals surface area contributed by atoms with Crippen molar-refractivity contribution in [2.24, 2.45) is 0 Å². The third-order valence-corrected chi connectivity index (χ3v) is 17.8. The molecule has 2 nitrogen and oxygen atoms in total. The van der Waals surface area contributed by atoms with Gasteiger partial charge < -0.3 is 9.13 Å². The van der Waals surface area contributed by atoms with E-state index in [9.17, 15) is 0 Å². The van der Waals surface area contributed by atoms with Gasteiger partial charge in [-0.2, -0.15) is 0 Å². The van der Waals surface area contributed by atoms with Crippen molar-refractivity contribution < 1.29 is 0 Å². The molecule has 2 heterocycles. The maximum atomic E-state index is 2.49. The quantitative estimate of drug-likeness (QED) is 0.107. The second-order valence-electron chi connectivity index (χ2n) is 16.4. The Morgan fingerprint density at radius 2 is 0.714 bits per heavy atom. The molecule has 0 N–H and O–H groups in total. The van der Waals surface area contributed by atoms with Crippen LogP contribution in [0.5, 0.6) is 0 Å². The fourth-order valence-corrected chi connectivity index (χ4v) is 15.2. The smallest absolute Gasteiger partial charge is 0.179 e. The number of aromatic nitrogens is 2. The Labute approximate surface area is 368 Å². The number of hydrogen-bond donors (Lipinski definition) is 0. The zero-order valence-electron chi connectivity index (χ0n) is 34.6. The minimum atomic E-state index is -2.82.